The highest BCUT2D eigenvalue weighted by Gasteiger charge is 2.31. The Labute approximate surface area is 208 Å². The Kier molecular flexibility index (Phi) is 6.55. The topological polar surface area (TPSA) is 47.4 Å². The van der Waals surface area contributed by atoms with Crippen molar-refractivity contribution < 1.29 is 13.9 Å². The van der Waals surface area contributed by atoms with Gasteiger partial charge < -0.3 is 9.64 Å². The van der Waals surface area contributed by atoms with Crippen LogP contribution in [-0.4, -0.2) is 27.1 Å². The molecule has 5 rings (SSSR count). The van der Waals surface area contributed by atoms with Crippen molar-refractivity contribution in [3.8, 4) is 17.3 Å². The van der Waals surface area contributed by atoms with Gasteiger partial charge in [0.05, 0.1) is 29.1 Å². The normalized spacial score (nSPS) is 13.0. The summed E-state index contributed by atoms with van der Waals surface area (Å²) in [7, 11) is 0. The minimum atomic E-state index is -0.523. The van der Waals surface area contributed by atoms with Crippen molar-refractivity contribution in [1.82, 2.24) is 14.7 Å². The third-order valence-corrected chi connectivity index (χ3v) is 6.30. The smallest absolute Gasteiger partial charge is 0.257 e. The number of aromatic nitrogens is 2. The Balaban J connectivity index is 1.56. The van der Waals surface area contributed by atoms with Crippen molar-refractivity contribution in [3.63, 3.8) is 0 Å². The number of rotatable bonds is 8. The van der Waals surface area contributed by atoms with E-state index >= 15 is 0 Å². The summed E-state index contributed by atoms with van der Waals surface area (Å²) in [5.74, 6) is 0.706. The molecular weight excluding hydrogens is 465 g/mol. The molecule has 1 aromatic heterocycles. The summed E-state index contributed by atoms with van der Waals surface area (Å²) in [6.45, 7) is 2.69. The van der Waals surface area contributed by atoms with Gasteiger partial charge >= 0.3 is 0 Å². The number of ether oxygens (including phenoxy) is 1. The molecule has 0 bridgehead atoms. The fraction of sp³-hybridized carbons (Fsp3) is 0.214. The van der Waals surface area contributed by atoms with E-state index in [1.807, 2.05) is 55.5 Å². The Hall–Kier alpha value is -3.64. The maximum Gasteiger partial charge on any atom is 0.257 e. The van der Waals surface area contributed by atoms with Crippen LogP contribution in [0.2, 0.25) is 5.02 Å². The van der Waals surface area contributed by atoms with Crippen LogP contribution >= 0.6 is 11.6 Å². The highest BCUT2D eigenvalue weighted by atomic mass is 35.5. The predicted molar refractivity (Wildman–Crippen MR) is 134 cm³/mol. The fourth-order valence-corrected chi connectivity index (χ4v) is 4.22. The number of carbonyl (C=O) groups excluding carboxylic acids is 1. The number of amides is 1. The van der Waals surface area contributed by atoms with Crippen LogP contribution in [0.4, 0.5) is 4.39 Å². The minimum absolute atomic E-state index is 0.0681. The van der Waals surface area contributed by atoms with E-state index in [4.69, 9.17) is 21.4 Å². The maximum atomic E-state index is 14.5. The van der Waals surface area contributed by atoms with E-state index in [0.29, 0.717) is 29.1 Å². The maximum absolute atomic E-state index is 14.5. The third-order valence-electron chi connectivity index (χ3n) is 6.06. The van der Waals surface area contributed by atoms with Gasteiger partial charge in [-0.1, -0.05) is 48.0 Å². The number of para-hydroxylation sites is 1. The summed E-state index contributed by atoms with van der Waals surface area (Å²) in [6, 6.07) is 22.9. The summed E-state index contributed by atoms with van der Waals surface area (Å²) < 4.78 is 22.5. The first kappa shape index (κ1) is 23.1. The van der Waals surface area contributed by atoms with Gasteiger partial charge in [-0.05, 0) is 68.1 Å². The summed E-state index contributed by atoms with van der Waals surface area (Å²) in [5.41, 5.74) is 2.29. The first-order chi connectivity index (χ1) is 17.0. The van der Waals surface area contributed by atoms with Crippen LogP contribution in [0.25, 0.3) is 5.69 Å². The molecule has 7 heteroatoms. The second-order valence-corrected chi connectivity index (χ2v) is 9.22. The third kappa shape index (κ3) is 5.23. The SMILES string of the molecule is Cc1nn(-c2cccc(Cl)c2)c(Oc2ccccc2)c1CN(CC1CC1)C(=O)c1ccccc1F. The lowest BCUT2D eigenvalue weighted by atomic mass is 10.1. The first-order valence-corrected chi connectivity index (χ1v) is 12.0. The first-order valence-electron chi connectivity index (χ1n) is 11.6. The number of halogens is 2. The molecule has 5 nitrogen and oxygen atoms in total. The monoisotopic (exact) mass is 489 g/mol. The van der Waals surface area contributed by atoms with Crippen LogP contribution in [0, 0.1) is 18.7 Å². The Bertz CT molecular complexity index is 1350. The van der Waals surface area contributed by atoms with Gasteiger partial charge in [0.2, 0.25) is 5.88 Å². The molecule has 1 fully saturated rings. The van der Waals surface area contributed by atoms with Gasteiger partial charge in [-0.2, -0.15) is 5.10 Å². The molecule has 0 aliphatic heterocycles. The molecule has 1 saturated carbocycles. The van der Waals surface area contributed by atoms with Gasteiger partial charge in [0.25, 0.3) is 5.91 Å². The minimum Gasteiger partial charge on any atom is -0.439 e. The largest absolute Gasteiger partial charge is 0.439 e. The molecule has 35 heavy (non-hydrogen) atoms. The lowest BCUT2D eigenvalue weighted by molar-refractivity contribution is 0.0729. The van der Waals surface area contributed by atoms with Crippen molar-refractivity contribution in [1.29, 1.82) is 0 Å². The molecule has 0 radical (unpaired) electrons. The molecule has 4 aromatic rings. The lowest BCUT2D eigenvalue weighted by Gasteiger charge is -2.23. The Morgan fingerprint density at radius 3 is 2.54 bits per heavy atom. The second kappa shape index (κ2) is 9.92. The van der Waals surface area contributed by atoms with E-state index in [9.17, 15) is 9.18 Å². The van der Waals surface area contributed by atoms with Crippen LogP contribution in [0.3, 0.4) is 0 Å². The van der Waals surface area contributed by atoms with Crippen LogP contribution in [-0.2, 0) is 6.54 Å². The average molecular weight is 490 g/mol. The van der Waals surface area contributed by atoms with E-state index in [1.165, 1.54) is 12.1 Å². The Morgan fingerprint density at radius 1 is 1.09 bits per heavy atom. The van der Waals surface area contributed by atoms with E-state index in [1.54, 1.807) is 27.8 Å². The van der Waals surface area contributed by atoms with Crippen molar-refractivity contribution in [2.24, 2.45) is 5.92 Å². The molecular formula is C28H25ClFN3O2. The van der Waals surface area contributed by atoms with Gasteiger partial charge in [-0.25, -0.2) is 9.07 Å². The van der Waals surface area contributed by atoms with E-state index in [-0.39, 0.29) is 18.0 Å². The van der Waals surface area contributed by atoms with E-state index in [0.717, 1.165) is 29.8 Å². The Morgan fingerprint density at radius 2 is 1.83 bits per heavy atom. The second-order valence-electron chi connectivity index (χ2n) is 8.78. The molecule has 0 N–H and O–H groups in total. The molecule has 1 amide bonds. The molecule has 3 aromatic carbocycles. The molecule has 0 spiro atoms. The zero-order valence-corrected chi connectivity index (χ0v) is 20.1. The average Bonchev–Trinajstić information content (AvgIpc) is 3.63. The molecule has 1 heterocycles. The van der Waals surface area contributed by atoms with Gasteiger partial charge in [0.1, 0.15) is 11.6 Å². The number of hydrogen-bond donors (Lipinski definition) is 0. The van der Waals surface area contributed by atoms with Crippen molar-refractivity contribution in [2.45, 2.75) is 26.3 Å². The van der Waals surface area contributed by atoms with Crippen LogP contribution < -0.4 is 4.74 Å². The fourth-order valence-electron chi connectivity index (χ4n) is 4.04. The van der Waals surface area contributed by atoms with E-state index in [2.05, 4.69) is 0 Å². The predicted octanol–water partition coefficient (Wildman–Crippen LogP) is 6.82. The van der Waals surface area contributed by atoms with Crippen LogP contribution in [0.5, 0.6) is 11.6 Å². The van der Waals surface area contributed by atoms with E-state index < -0.39 is 5.82 Å². The van der Waals surface area contributed by atoms with Gasteiger partial charge in [0, 0.05) is 11.6 Å². The number of carbonyl (C=O) groups is 1. The number of nitrogens with zero attached hydrogens (tertiary/aromatic N) is 3. The van der Waals surface area contributed by atoms with Crippen LogP contribution in [0.1, 0.15) is 34.5 Å². The molecule has 1 aliphatic carbocycles. The summed E-state index contributed by atoms with van der Waals surface area (Å²) in [5, 5.41) is 5.31. The lowest BCUT2D eigenvalue weighted by Crippen LogP contribution is -2.33. The van der Waals surface area contributed by atoms with Crippen molar-refractivity contribution in [2.75, 3.05) is 6.54 Å². The summed E-state index contributed by atoms with van der Waals surface area (Å²) in [6.07, 6.45) is 2.13. The van der Waals surface area contributed by atoms with Crippen LogP contribution in [0.15, 0.2) is 78.9 Å². The van der Waals surface area contributed by atoms with Gasteiger partial charge in [-0.3, -0.25) is 4.79 Å². The standard InChI is InChI=1S/C28H25ClFN3O2/c1-19-25(18-32(17-20-14-15-20)27(34)24-12-5-6-13-26(24)30)28(35-23-10-3-2-4-11-23)33(31-19)22-9-7-8-21(29)16-22/h2-13,16,20H,14-15,17-18H2,1H3. The van der Waals surface area contributed by atoms with Gasteiger partial charge in [-0.15, -0.1) is 0 Å². The molecule has 178 valence electrons. The summed E-state index contributed by atoms with van der Waals surface area (Å²) in [4.78, 5) is 15.1. The van der Waals surface area contributed by atoms with Crippen molar-refractivity contribution in [3.05, 3.63) is 107 Å². The number of hydrogen-bond acceptors (Lipinski definition) is 3. The highest BCUT2D eigenvalue weighted by molar-refractivity contribution is 6.30. The highest BCUT2D eigenvalue weighted by Crippen LogP contribution is 2.35. The zero-order chi connectivity index (χ0) is 24.4. The van der Waals surface area contributed by atoms with Gasteiger partial charge in [0.15, 0.2) is 0 Å². The molecule has 1 aliphatic rings. The zero-order valence-electron chi connectivity index (χ0n) is 19.3. The van der Waals surface area contributed by atoms with Crippen molar-refractivity contribution >= 4 is 17.5 Å². The molecule has 0 saturated heterocycles. The quantitative estimate of drug-likeness (QED) is 0.273. The molecule has 0 atom stereocenters. The number of benzene rings is 3. The molecule has 0 unspecified atom stereocenters. The number of aryl methyl sites for hydroxylation is 1. The summed E-state index contributed by atoms with van der Waals surface area (Å²) >= 11 is 6.26.